The van der Waals surface area contributed by atoms with Crippen molar-refractivity contribution < 1.29 is 72.7 Å². The number of hydrogen-bond donors (Lipinski definition) is 3. The van der Waals surface area contributed by atoms with E-state index >= 15 is 0 Å². The third-order valence-electron chi connectivity index (χ3n) is 16.1. The molecule has 28 heteroatoms. The van der Waals surface area contributed by atoms with Crippen LogP contribution in [0.5, 0.6) is 28.7 Å². The van der Waals surface area contributed by atoms with Crippen LogP contribution < -0.4 is 39.6 Å². The molecule has 3 aromatic heterocycles. The zero-order valence-electron chi connectivity index (χ0n) is 54.8. The summed E-state index contributed by atoms with van der Waals surface area (Å²) in [6.07, 6.45) is -8.66. The maximum Gasteiger partial charge on any atom is 0.266 e. The highest BCUT2D eigenvalue weighted by Gasteiger charge is 2.26. The second-order valence-corrected chi connectivity index (χ2v) is 23.6. The van der Waals surface area contributed by atoms with Gasteiger partial charge in [-0.15, -0.1) is 0 Å². The number of benzene rings is 6. The first-order chi connectivity index (χ1) is 46.5. The number of hydrogen-bond acceptors (Lipinski definition) is 18. The van der Waals surface area contributed by atoms with Crippen molar-refractivity contribution in [3.63, 3.8) is 0 Å². The van der Waals surface area contributed by atoms with Crippen LogP contribution in [-0.2, 0) is 9.47 Å². The third kappa shape index (κ3) is 18.2. The molecule has 2 aliphatic rings. The van der Waals surface area contributed by atoms with Gasteiger partial charge >= 0.3 is 0 Å². The van der Waals surface area contributed by atoms with Crippen molar-refractivity contribution in [1.29, 1.82) is 0 Å². The standard InChI is InChI=1S/2C25H29F3N4O3.C19H17BrF3N3O/c2*1-15(17-5-4-6-18(23(17)26)24(27)28)29-25-19-13-21(33-3)22(14-20(19)30-16(2)31-25)35-12-9-32-7-10-34-11-8-32;1-9(11-5-4-6-12(17(11)21)18(22)23)24-19-13-7-16(27-3)14(20)8-15(13)25-10(2)26-19/h2*4-6,13-15,24H,7-12H2,1-3H3,(H,29,30,31);4-9,18H,1-3H3,(H,24,25,26)/t2*15-;9-/m111/s1. The van der Waals surface area contributed by atoms with Crippen molar-refractivity contribution in [2.75, 3.05) is 116 Å². The number of halogens is 10. The first kappa shape index (κ1) is 72.7. The molecule has 0 saturated carbocycles. The largest absolute Gasteiger partial charge is 0.496 e. The van der Waals surface area contributed by atoms with E-state index in [1.54, 1.807) is 99.3 Å². The average Bonchev–Trinajstić information content (AvgIpc) is 0.797. The molecule has 3 atom stereocenters. The van der Waals surface area contributed by atoms with E-state index in [1.165, 1.54) is 36.4 Å². The van der Waals surface area contributed by atoms with Crippen LogP contribution in [0.2, 0.25) is 0 Å². The van der Waals surface area contributed by atoms with Crippen molar-refractivity contribution in [2.45, 2.75) is 78.9 Å². The lowest BCUT2D eigenvalue weighted by molar-refractivity contribution is 0.0320. The molecule has 6 aromatic carbocycles. The number of alkyl halides is 6. The quantitative estimate of drug-likeness (QED) is 0.0513. The Balaban J connectivity index is 0.000000172. The average molecular weight is 1420 g/mol. The van der Waals surface area contributed by atoms with E-state index in [4.69, 9.17) is 33.2 Å². The Hall–Kier alpha value is -8.57. The second kappa shape index (κ2) is 33.6. The van der Waals surface area contributed by atoms with E-state index in [0.717, 1.165) is 88.4 Å². The van der Waals surface area contributed by atoms with Gasteiger partial charge in [0.05, 0.1) is 104 Å². The van der Waals surface area contributed by atoms with Gasteiger partial charge in [-0.05, 0) is 81.7 Å². The Morgan fingerprint density at radius 3 is 1.04 bits per heavy atom. The summed E-state index contributed by atoms with van der Waals surface area (Å²) in [7, 11) is 4.64. The topological polar surface area (TPSA) is 185 Å². The third-order valence-corrected chi connectivity index (χ3v) is 16.8. The molecule has 518 valence electrons. The SMILES string of the molecule is COc1cc2c(N[C@H](C)c3cccc(C(F)F)c3F)nc(C)nc2cc1Br.COc1cc2c(N[C@H](C)c3cccc(C(F)F)c3F)nc(C)nc2cc1OCCN1CCOCC1.COc1cc2c(N[C@H](C)c3cccc(C(F)F)c3F)nc(C)nc2cc1OCCN1CCOCC1. The van der Waals surface area contributed by atoms with Gasteiger partial charge < -0.3 is 49.1 Å². The molecule has 0 aliphatic carbocycles. The lowest BCUT2D eigenvalue weighted by Gasteiger charge is -2.26. The summed E-state index contributed by atoms with van der Waals surface area (Å²) in [4.78, 5) is 31.3. The van der Waals surface area contributed by atoms with Gasteiger partial charge in [-0.2, -0.15) is 0 Å². The lowest BCUT2D eigenvalue weighted by Crippen LogP contribution is -2.38. The molecule has 0 amide bonds. The minimum absolute atomic E-state index is 0.127. The molecule has 0 spiro atoms. The fraction of sp³-hybridized carbons (Fsp3) is 0.391. The van der Waals surface area contributed by atoms with Crippen molar-refractivity contribution in [2.24, 2.45) is 0 Å². The predicted octanol–water partition coefficient (Wildman–Crippen LogP) is 15.8. The Labute approximate surface area is 563 Å². The van der Waals surface area contributed by atoms with Gasteiger partial charge in [0.15, 0.2) is 23.0 Å². The number of ether oxygens (including phenoxy) is 7. The van der Waals surface area contributed by atoms with E-state index in [0.29, 0.717) is 110 Å². The number of aryl methyl sites for hydroxylation is 3. The second-order valence-electron chi connectivity index (χ2n) is 22.8. The van der Waals surface area contributed by atoms with Crippen molar-refractivity contribution in [3.05, 3.63) is 164 Å². The fourth-order valence-corrected chi connectivity index (χ4v) is 11.6. The molecule has 0 unspecified atom stereocenters. The number of anilines is 3. The summed E-state index contributed by atoms with van der Waals surface area (Å²) in [5, 5.41) is 11.4. The van der Waals surface area contributed by atoms with Gasteiger partial charge in [0.1, 0.15) is 71.3 Å². The maximum atomic E-state index is 14.7. The fourth-order valence-electron chi connectivity index (χ4n) is 11.1. The Morgan fingerprint density at radius 2 is 0.732 bits per heavy atom. The normalized spacial score (nSPS) is 14.6. The summed E-state index contributed by atoms with van der Waals surface area (Å²) >= 11 is 3.42. The first-order valence-corrected chi connectivity index (χ1v) is 31.9. The molecule has 2 fully saturated rings. The number of nitrogens with one attached hydrogen (secondary N) is 3. The van der Waals surface area contributed by atoms with Crippen LogP contribution in [0.15, 0.2) is 95.5 Å². The summed E-state index contributed by atoms with van der Waals surface area (Å²) < 4.78 is 162. The number of nitrogens with zero attached hydrogens (tertiary/aromatic N) is 8. The van der Waals surface area contributed by atoms with E-state index in [-0.39, 0.29) is 16.7 Å². The smallest absolute Gasteiger partial charge is 0.266 e. The number of aromatic nitrogens is 6. The number of fused-ring (bicyclic) bond motifs is 3. The predicted molar refractivity (Wildman–Crippen MR) is 356 cm³/mol. The first-order valence-electron chi connectivity index (χ1n) is 31.1. The Bertz CT molecular complexity index is 3990. The molecule has 2 saturated heterocycles. The van der Waals surface area contributed by atoms with E-state index < -0.39 is 71.5 Å². The van der Waals surface area contributed by atoms with Gasteiger partial charge in [-0.25, -0.2) is 69.4 Å². The summed E-state index contributed by atoms with van der Waals surface area (Å²) in [5.41, 5.74) is 0.445. The minimum Gasteiger partial charge on any atom is -0.496 e. The monoisotopic (exact) mass is 1420 g/mol. The molecular formula is C69H75BrF9N11O7. The van der Waals surface area contributed by atoms with Gasteiger partial charge in [0, 0.05) is 84.3 Å². The molecule has 0 radical (unpaired) electrons. The highest BCUT2D eigenvalue weighted by Crippen LogP contribution is 2.40. The zero-order valence-corrected chi connectivity index (χ0v) is 56.4. The molecule has 3 N–H and O–H groups in total. The summed E-state index contributed by atoms with van der Waals surface area (Å²) in [6.45, 7) is 19.2. The van der Waals surface area contributed by atoms with Crippen molar-refractivity contribution >= 4 is 66.1 Å². The van der Waals surface area contributed by atoms with Crippen molar-refractivity contribution in [3.8, 4) is 28.7 Å². The van der Waals surface area contributed by atoms with E-state index in [2.05, 4.69) is 71.6 Å². The van der Waals surface area contributed by atoms with Crippen LogP contribution in [0.1, 0.15) is 109 Å². The molecule has 11 rings (SSSR count). The van der Waals surface area contributed by atoms with Gasteiger partial charge in [-0.3, -0.25) is 9.80 Å². The van der Waals surface area contributed by atoms with Crippen molar-refractivity contribution in [1.82, 2.24) is 39.7 Å². The molecule has 18 nitrogen and oxygen atoms in total. The van der Waals surface area contributed by atoms with E-state index in [1.807, 2.05) is 0 Å². The maximum absolute atomic E-state index is 14.7. The van der Waals surface area contributed by atoms with Crippen LogP contribution >= 0.6 is 15.9 Å². The van der Waals surface area contributed by atoms with Crippen LogP contribution in [0, 0.1) is 38.2 Å². The summed E-state index contributed by atoms with van der Waals surface area (Å²) in [6, 6.07) is 20.8. The molecule has 5 heterocycles. The number of morpholine rings is 2. The molecule has 9 aromatic rings. The highest BCUT2D eigenvalue weighted by molar-refractivity contribution is 9.10. The summed E-state index contributed by atoms with van der Waals surface area (Å²) in [5.74, 6) is 2.84. The molecule has 2 aliphatic heterocycles. The number of rotatable bonds is 23. The minimum atomic E-state index is -2.89. The van der Waals surface area contributed by atoms with E-state index in [9.17, 15) is 39.5 Å². The zero-order chi connectivity index (χ0) is 69.6. The number of methoxy groups -OCH3 is 3. The van der Waals surface area contributed by atoms with Gasteiger partial charge in [0.2, 0.25) is 0 Å². The van der Waals surface area contributed by atoms with Crippen LogP contribution in [0.25, 0.3) is 32.7 Å². The molecular weight excluding hydrogens is 1350 g/mol. The highest BCUT2D eigenvalue weighted by atomic mass is 79.9. The lowest BCUT2D eigenvalue weighted by atomic mass is 10.0. The van der Waals surface area contributed by atoms with Crippen LogP contribution in [0.3, 0.4) is 0 Å². The molecule has 0 bridgehead atoms. The van der Waals surface area contributed by atoms with Crippen LogP contribution in [-0.4, -0.2) is 140 Å². The van der Waals surface area contributed by atoms with Gasteiger partial charge in [0.25, 0.3) is 19.3 Å². The van der Waals surface area contributed by atoms with Gasteiger partial charge in [-0.1, -0.05) is 54.6 Å². The Morgan fingerprint density at radius 1 is 0.433 bits per heavy atom. The molecule has 97 heavy (non-hydrogen) atoms. The Kier molecular flexibility index (Phi) is 25.2. The van der Waals surface area contributed by atoms with Crippen LogP contribution in [0.4, 0.5) is 57.0 Å².